The van der Waals surface area contributed by atoms with Crippen molar-refractivity contribution in [1.29, 1.82) is 0 Å². The summed E-state index contributed by atoms with van der Waals surface area (Å²) in [4.78, 5) is 24.1. The number of sulfonamides is 1. The van der Waals surface area contributed by atoms with E-state index in [1.165, 1.54) is 33.3 Å². The molecule has 1 N–H and O–H groups in total. The Labute approximate surface area is 122 Å². The van der Waals surface area contributed by atoms with Crippen molar-refractivity contribution in [3.05, 3.63) is 17.9 Å². The van der Waals surface area contributed by atoms with Crippen LogP contribution in [0.4, 0.5) is 0 Å². The summed E-state index contributed by atoms with van der Waals surface area (Å²) in [6.45, 7) is 0.167. The minimum Gasteiger partial charge on any atom is -0.447 e. The van der Waals surface area contributed by atoms with E-state index in [0.29, 0.717) is 5.76 Å². The zero-order valence-electron chi connectivity index (χ0n) is 12.0. The number of carbonyl (C=O) groups is 2. The van der Waals surface area contributed by atoms with Crippen LogP contribution in [0.25, 0.3) is 0 Å². The number of hydrogen-bond donors (Lipinski definition) is 1. The molecular weight excluding hydrogens is 298 g/mol. The molecule has 1 saturated heterocycles. The number of carbonyl (C=O) groups excluding carboxylic acids is 2. The zero-order valence-corrected chi connectivity index (χ0v) is 12.8. The predicted molar refractivity (Wildman–Crippen MR) is 72.6 cm³/mol. The van der Waals surface area contributed by atoms with Gasteiger partial charge in [-0.05, 0) is 12.1 Å². The first-order valence-electron chi connectivity index (χ1n) is 6.28. The number of hydrogen-bond acceptors (Lipinski definition) is 6. The first-order chi connectivity index (χ1) is 9.73. The molecule has 1 unspecified atom stereocenters. The van der Waals surface area contributed by atoms with Gasteiger partial charge < -0.3 is 4.42 Å². The lowest BCUT2D eigenvalue weighted by Gasteiger charge is -2.10. The molecule has 1 aromatic rings. The minimum absolute atomic E-state index is 0.0961. The lowest BCUT2D eigenvalue weighted by atomic mass is 10.2. The van der Waals surface area contributed by atoms with Crippen LogP contribution in [-0.4, -0.2) is 56.6 Å². The van der Waals surface area contributed by atoms with Gasteiger partial charge in [0.1, 0.15) is 5.76 Å². The number of amides is 2. The molecule has 116 valence electrons. The molecule has 0 spiro atoms. The van der Waals surface area contributed by atoms with Gasteiger partial charge in [0.05, 0.1) is 19.0 Å². The van der Waals surface area contributed by atoms with Gasteiger partial charge in [-0.1, -0.05) is 0 Å². The van der Waals surface area contributed by atoms with Crippen LogP contribution in [0.5, 0.6) is 0 Å². The number of imide groups is 1. The second-order valence-corrected chi connectivity index (χ2v) is 7.02. The van der Waals surface area contributed by atoms with Gasteiger partial charge in [0, 0.05) is 21.1 Å². The summed E-state index contributed by atoms with van der Waals surface area (Å²) in [5.74, 6) is -0.161. The van der Waals surface area contributed by atoms with Crippen LogP contribution in [0.3, 0.4) is 0 Å². The third-order valence-electron chi connectivity index (χ3n) is 3.28. The van der Waals surface area contributed by atoms with Gasteiger partial charge in [0.25, 0.3) is 10.0 Å². The second-order valence-electron chi connectivity index (χ2n) is 4.94. The quantitative estimate of drug-likeness (QED) is 0.727. The third-order valence-corrected chi connectivity index (χ3v) is 4.97. The molecule has 2 heterocycles. The van der Waals surface area contributed by atoms with Crippen molar-refractivity contribution in [2.45, 2.75) is 24.1 Å². The van der Waals surface area contributed by atoms with Crippen molar-refractivity contribution < 1.29 is 22.4 Å². The molecule has 2 amide bonds. The van der Waals surface area contributed by atoms with E-state index in [0.717, 1.165) is 9.21 Å². The molecule has 0 bridgehead atoms. The molecule has 0 radical (unpaired) electrons. The Kier molecular flexibility index (Phi) is 4.17. The van der Waals surface area contributed by atoms with E-state index in [1.54, 1.807) is 0 Å². The maximum absolute atomic E-state index is 11.9. The summed E-state index contributed by atoms with van der Waals surface area (Å²) in [5.41, 5.74) is 0. The largest absolute Gasteiger partial charge is 0.447 e. The molecule has 0 aliphatic carbocycles. The van der Waals surface area contributed by atoms with E-state index in [4.69, 9.17) is 4.42 Å². The highest BCUT2D eigenvalue weighted by Gasteiger charge is 2.35. The number of furan rings is 1. The van der Waals surface area contributed by atoms with Crippen LogP contribution >= 0.6 is 0 Å². The topological polar surface area (TPSA) is 99.9 Å². The average molecular weight is 315 g/mol. The molecule has 1 atom stereocenters. The van der Waals surface area contributed by atoms with Gasteiger partial charge >= 0.3 is 0 Å². The van der Waals surface area contributed by atoms with Gasteiger partial charge in [0.15, 0.2) is 0 Å². The van der Waals surface area contributed by atoms with Gasteiger partial charge in [-0.25, -0.2) is 12.7 Å². The van der Waals surface area contributed by atoms with Gasteiger partial charge in [0.2, 0.25) is 16.9 Å². The van der Waals surface area contributed by atoms with E-state index in [2.05, 4.69) is 5.32 Å². The smallest absolute Gasteiger partial charge is 0.275 e. The molecule has 1 fully saturated rings. The van der Waals surface area contributed by atoms with Crippen molar-refractivity contribution in [1.82, 2.24) is 14.5 Å². The summed E-state index contributed by atoms with van der Waals surface area (Å²) in [6.07, 6.45) is 0.0961. The average Bonchev–Trinajstić information content (AvgIpc) is 2.98. The standard InChI is InChI=1S/C12H17N3O5S/c1-14(2)21(18,19)11-5-4-8(20-11)7-13-9-6-10(16)15(3)12(9)17/h4-5,9,13H,6-7H2,1-3H3. The van der Waals surface area contributed by atoms with Crippen molar-refractivity contribution in [2.24, 2.45) is 0 Å². The third kappa shape index (κ3) is 2.99. The highest BCUT2D eigenvalue weighted by molar-refractivity contribution is 7.88. The molecule has 21 heavy (non-hydrogen) atoms. The fraction of sp³-hybridized carbons (Fsp3) is 0.500. The number of rotatable bonds is 5. The monoisotopic (exact) mass is 315 g/mol. The van der Waals surface area contributed by atoms with Crippen LogP contribution in [0, 0.1) is 0 Å². The Bertz CT molecular complexity index is 664. The van der Waals surface area contributed by atoms with Crippen molar-refractivity contribution >= 4 is 21.8 Å². The maximum atomic E-state index is 11.9. The van der Waals surface area contributed by atoms with Crippen LogP contribution < -0.4 is 5.32 Å². The van der Waals surface area contributed by atoms with Crippen LogP contribution in [-0.2, 0) is 26.2 Å². The summed E-state index contributed by atoms with van der Waals surface area (Å²) in [6, 6.07) is 2.29. The Morgan fingerprint density at radius 1 is 1.38 bits per heavy atom. The normalized spacial score (nSPS) is 19.8. The molecule has 1 aromatic heterocycles. The zero-order chi connectivity index (χ0) is 15.8. The van der Waals surface area contributed by atoms with Crippen LogP contribution in [0.1, 0.15) is 12.2 Å². The predicted octanol–water partition coefficient (Wildman–Crippen LogP) is -0.623. The van der Waals surface area contributed by atoms with E-state index in [1.807, 2.05) is 0 Å². The highest BCUT2D eigenvalue weighted by Crippen LogP contribution is 2.17. The first kappa shape index (κ1) is 15.7. The molecule has 1 aliphatic rings. The van der Waals surface area contributed by atoms with Crippen molar-refractivity contribution in [3.8, 4) is 0 Å². The Morgan fingerprint density at radius 2 is 2.05 bits per heavy atom. The van der Waals surface area contributed by atoms with Crippen molar-refractivity contribution in [3.63, 3.8) is 0 Å². The Morgan fingerprint density at radius 3 is 2.57 bits per heavy atom. The molecule has 9 heteroatoms. The van der Waals surface area contributed by atoms with E-state index in [-0.39, 0.29) is 29.9 Å². The lowest BCUT2D eigenvalue weighted by Crippen LogP contribution is -2.36. The molecular formula is C12H17N3O5S. The number of likely N-dealkylation sites (tertiary alicyclic amines) is 1. The molecule has 0 saturated carbocycles. The fourth-order valence-electron chi connectivity index (χ4n) is 1.91. The number of nitrogens with zero attached hydrogens (tertiary/aromatic N) is 2. The summed E-state index contributed by atoms with van der Waals surface area (Å²) >= 11 is 0. The van der Waals surface area contributed by atoms with Gasteiger partial charge in [-0.15, -0.1) is 0 Å². The lowest BCUT2D eigenvalue weighted by molar-refractivity contribution is -0.137. The van der Waals surface area contributed by atoms with Gasteiger partial charge in [-0.3, -0.25) is 19.8 Å². The van der Waals surface area contributed by atoms with Gasteiger partial charge in [-0.2, -0.15) is 0 Å². The molecule has 2 rings (SSSR count). The highest BCUT2D eigenvalue weighted by atomic mass is 32.2. The van der Waals surface area contributed by atoms with Crippen LogP contribution in [0.2, 0.25) is 0 Å². The van der Waals surface area contributed by atoms with E-state index in [9.17, 15) is 18.0 Å². The maximum Gasteiger partial charge on any atom is 0.275 e. The van der Waals surface area contributed by atoms with E-state index < -0.39 is 16.1 Å². The number of nitrogens with one attached hydrogen (secondary N) is 1. The Hall–Kier alpha value is -1.71. The van der Waals surface area contributed by atoms with Crippen LogP contribution in [0.15, 0.2) is 21.6 Å². The molecule has 1 aliphatic heterocycles. The fourth-order valence-corrected chi connectivity index (χ4v) is 2.72. The SMILES string of the molecule is CN1C(=O)CC(NCc2ccc(S(=O)(=O)N(C)C)o2)C1=O. The first-order valence-corrected chi connectivity index (χ1v) is 7.72. The van der Waals surface area contributed by atoms with E-state index >= 15 is 0 Å². The van der Waals surface area contributed by atoms with Crippen molar-refractivity contribution in [2.75, 3.05) is 21.1 Å². The number of likely N-dealkylation sites (N-methyl/N-ethyl adjacent to an activating group) is 1. The second kappa shape index (κ2) is 5.58. The molecule has 8 nitrogen and oxygen atoms in total. The summed E-state index contributed by atoms with van der Waals surface area (Å²) < 4.78 is 30.0. The summed E-state index contributed by atoms with van der Waals surface area (Å²) in [5, 5.41) is 2.73. The summed E-state index contributed by atoms with van der Waals surface area (Å²) in [7, 11) is 0.642. The minimum atomic E-state index is -3.61. The molecule has 0 aromatic carbocycles. The Balaban J connectivity index is 2.02.